The first-order valence-electron chi connectivity index (χ1n) is 24.4. The van der Waals surface area contributed by atoms with Crippen molar-refractivity contribution in [2.45, 2.75) is 123 Å². The fourth-order valence-corrected chi connectivity index (χ4v) is 13.2. The van der Waals surface area contributed by atoms with Crippen LogP contribution in [0, 0.1) is 22.7 Å². The third-order valence-corrected chi connectivity index (χ3v) is 17.3. The van der Waals surface area contributed by atoms with E-state index in [2.05, 4.69) is 73.7 Å². The van der Waals surface area contributed by atoms with Gasteiger partial charge < -0.3 is 23.8 Å². The minimum Gasteiger partial charge on any atom is -0.464 e. The second kappa shape index (κ2) is 19.5. The van der Waals surface area contributed by atoms with Gasteiger partial charge in [0.1, 0.15) is 6.04 Å². The van der Waals surface area contributed by atoms with Crippen LogP contribution < -0.4 is 5.43 Å². The van der Waals surface area contributed by atoms with Gasteiger partial charge in [0.25, 0.3) is 0 Å². The number of aromatic nitrogens is 2. The highest BCUT2D eigenvalue weighted by molar-refractivity contribution is 6.52. The van der Waals surface area contributed by atoms with Crippen molar-refractivity contribution in [2.24, 2.45) is 22.7 Å². The van der Waals surface area contributed by atoms with E-state index in [9.17, 15) is 14.4 Å². The Morgan fingerprint density at radius 1 is 1.04 bits per heavy atom. The number of amides is 3. The molecule has 360 valence electrons. The van der Waals surface area contributed by atoms with Crippen LogP contribution in [0.15, 0.2) is 73.4 Å². The molecule has 6 heterocycles. The second-order valence-corrected chi connectivity index (χ2v) is 21.9. The summed E-state index contributed by atoms with van der Waals surface area (Å²) in [6.45, 7) is 19.5. The summed E-state index contributed by atoms with van der Waals surface area (Å²) in [5.41, 5.74) is 9.06. The molecule has 1 N–H and O–H groups in total. The van der Waals surface area contributed by atoms with Gasteiger partial charge in [0.2, 0.25) is 17.7 Å². The number of nitrogens with zero attached hydrogens (tertiary/aromatic N) is 5. The lowest BCUT2D eigenvalue weighted by Crippen LogP contribution is -2.65. The molecule has 8 rings (SSSR count). The Morgan fingerprint density at radius 3 is 2.50 bits per heavy atom. The van der Waals surface area contributed by atoms with E-state index < -0.39 is 40.3 Å². The van der Waals surface area contributed by atoms with Gasteiger partial charge in [-0.2, -0.15) is 0 Å². The van der Waals surface area contributed by atoms with E-state index in [1.165, 1.54) is 6.08 Å². The molecule has 0 saturated carbocycles. The smallest absolute Gasteiger partial charge is 0.324 e. The third kappa shape index (κ3) is 8.88. The van der Waals surface area contributed by atoms with Crippen molar-refractivity contribution in [1.29, 1.82) is 0 Å². The van der Waals surface area contributed by atoms with Crippen molar-refractivity contribution in [3.05, 3.63) is 90.3 Å². The zero-order valence-corrected chi connectivity index (χ0v) is 42.3. The van der Waals surface area contributed by atoms with Gasteiger partial charge in [-0.1, -0.05) is 64.6 Å². The molecule has 68 heavy (non-hydrogen) atoms. The summed E-state index contributed by atoms with van der Waals surface area (Å²) in [4.78, 5) is 79.8. The minimum absolute atomic E-state index is 0.127. The fourth-order valence-electron chi connectivity index (χ4n) is 11.5. The number of ether oxygens (including phenoxy) is 2. The summed E-state index contributed by atoms with van der Waals surface area (Å²) in [6.07, 6.45) is 5.31. The van der Waals surface area contributed by atoms with Crippen LogP contribution in [0.2, 0.25) is 11.6 Å². The first-order valence-corrected chi connectivity index (χ1v) is 25.7. The molecule has 14 heteroatoms. The first kappa shape index (κ1) is 49.0. The largest absolute Gasteiger partial charge is 0.464 e. The van der Waals surface area contributed by atoms with Gasteiger partial charge in [0, 0.05) is 73.5 Å². The average Bonchev–Trinajstić information content (AvgIpc) is 3.86. The number of hydrogen-bond donors (Lipinski definition) is 1. The summed E-state index contributed by atoms with van der Waals surface area (Å²) in [6, 6.07) is 17.6. The van der Waals surface area contributed by atoms with Gasteiger partial charge in [-0.3, -0.25) is 34.0 Å². The maximum Gasteiger partial charge on any atom is 0.324 e. The highest BCUT2D eigenvalue weighted by Gasteiger charge is 2.59. The number of nitrogens with one attached hydrogen (secondary N) is 1. The number of benzene rings is 2. The molecule has 4 aliphatic rings. The second-order valence-electron chi connectivity index (χ2n) is 20.6. The van der Waals surface area contributed by atoms with E-state index >= 15 is 9.59 Å². The lowest BCUT2D eigenvalue weighted by atomic mass is 9.73. The Kier molecular flexibility index (Phi) is 14.1. The van der Waals surface area contributed by atoms with Gasteiger partial charge >= 0.3 is 5.97 Å². The topological polar surface area (TPSA) is 143 Å². The highest BCUT2D eigenvalue weighted by atomic mass is 28.2. The van der Waals surface area contributed by atoms with Crippen LogP contribution in [-0.2, 0) is 52.8 Å². The Hall–Kier alpha value is -5.44. The number of cyclic esters (lactones) is 1. The van der Waals surface area contributed by atoms with Crippen molar-refractivity contribution in [1.82, 2.24) is 29.8 Å². The number of Topliss-reactive ketones (excluding diaryl/α,β-unsaturated/α-hetero) is 1. The number of pyridine rings is 1. The number of rotatable bonds is 10. The molecule has 0 aliphatic carbocycles. The van der Waals surface area contributed by atoms with Gasteiger partial charge in [-0.15, -0.1) is 0 Å². The lowest BCUT2D eigenvalue weighted by molar-refractivity contribution is -0.159. The van der Waals surface area contributed by atoms with Crippen LogP contribution in [0.25, 0.3) is 33.3 Å². The summed E-state index contributed by atoms with van der Waals surface area (Å²) in [5.74, 6) is -1.87. The van der Waals surface area contributed by atoms with E-state index in [4.69, 9.17) is 14.5 Å². The molecule has 1 spiro atoms. The summed E-state index contributed by atoms with van der Waals surface area (Å²) < 4.78 is 14.4. The molecule has 2 aromatic carbocycles. The van der Waals surface area contributed by atoms with Crippen molar-refractivity contribution in [3.63, 3.8) is 0 Å². The van der Waals surface area contributed by atoms with Crippen LogP contribution in [0.5, 0.6) is 0 Å². The number of hydrogen-bond acceptors (Lipinski definition) is 9. The standard InChI is InChI=1S/C54H68N6O7Si/c1-11-44(61)59-25-22-38(33(59)5)50(63)57(9)46(32(3)4)48(62)49-54(31-68-49)28-35-16-13-17-36(26-35)37-20-21-43-40(27-37)41(47(58(43)12-2)39-18-14-23-55-45(39)34(6)66-10)29-53(7,8)30-67-51(64)42-19-15-24-60(56-42)52(54)65/h11,13-14,16-18,20-21,23,26-27,32-34,38,42,46,49,56H,1,12,15,19,22,24-25,28-31H2,2-10H3/t33-,34-,38-,42-,46-,49?,54-/m0/s1. The molecular weight excluding hydrogens is 873 g/mol. The van der Waals surface area contributed by atoms with E-state index in [0.717, 1.165) is 50.1 Å². The Morgan fingerprint density at radius 2 is 1.81 bits per heavy atom. The average molecular weight is 941 g/mol. The quantitative estimate of drug-likeness (QED) is 0.0964. The number of hydrazine groups is 1. The minimum atomic E-state index is -1.13. The number of fused-ring (bicyclic) bond motifs is 6. The van der Waals surface area contributed by atoms with Crippen LogP contribution in [0.3, 0.4) is 0 Å². The Bertz CT molecular complexity index is 2620. The van der Waals surface area contributed by atoms with Crippen molar-refractivity contribution >= 4 is 49.9 Å². The summed E-state index contributed by atoms with van der Waals surface area (Å²) >= 11 is 0. The molecule has 1 unspecified atom stereocenters. The normalized spacial score (nSPS) is 24.9. The maximum atomic E-state index is 15.4. The highest BCUT2D eigenvalue weighted by Crippen LogP contribution is 2.53. The van der Waals surface area contributed by atoms with Gasteiger partial charge in [0.15, 0.2) is 5.78 Å². The van der Waals surface area contributed by atoms with Gasteiger partial charge in [-0.25, -0.2) is 5.43 Å². The number of ketones is 1. The molecule has 3 amide bonds. The van der Waals surface area contributed by atoms with Crippen LogP contribution >= 0.6 is 0 Å². The SMILES string of the molecule is C=CC(=O)N1CC[C@H](C(=O)N(C)[C@H](C(=O)C2[Si]C[C@@]23Cc2cccc(c2)-c2ccc4c(c2)c(c(-c2cccnc2[C@H](C)OC)n4CC)CC(C)(C)COC(=O)[C@@H]2CCCN(N2)C3=O)C(C)C)[C@@H]1C. The molecular formula is C54H68N6O7Si. The molecule has 7 atom stereocenters. The molecule has 4 aromatic rings. The maximum absolute atomic E-state index is 15.4. The molecule has 3 fully saturated rings. The van der Waals surface area contributed by atoms with Crippen LogP contribution in [0.4, 0.5) is 0 Å². The number of aryl methyl sites for hydroxylation is 1. The number of methoxy groups -OCH3 is 1. The molecule has 2 radical (unpaired) electrons. The van der Waals surface area contributed by atoms with Crippen molar-refractivity contribution < 1.29 is 33.4 Å². The van der Waals surface area contributed by atoms with E-state index in [0.29, 0.717) is 57.8 Å². The Labute approximate surface area is 403 Å². The van der Waals surface area contributed by atoms with Crippen molar-refractivity contribution in [3.8, 4) is 22.4 Å². The predicted molar refractivity (Wildman–Crippen MR) is 264 cm³/mol. The molecule has 3 saturated heterocycles. The van der Waals surface area contributed by atoms with Gasteiger partial charge in [-0.05, 0) is 117 Å². The van der Waals surface area contributed by atoms with Crippen LogP contribution in [0.1, 0.15) is 90.7 Å². The van der Waals surface area contributed by atoms with E-state index in [-0.39, 0.29) is 57.7 Å². The summed E-state index contributed by atoms with van der Waals surface area (Å²) in [5, 5.41) is 2.67. The van der Waals surface area contributed by atoms with E-state index in [1.54, 1.807) is 35.2 Å². The fraction of sp³-hybridized carbons (Fsp3) is 0.519. The predicted octanol–water partition coefficient (Wildman–Crippen LogP) is 7.65. The zero-order valence-electron chi connectivity index (χ0n) is 41.3. The van der Waals surface area contributed by atoms with Gasteiger partial charge in [0.05, 0.1) is 51.0 Å². The Balaban J connectivity index is 1.22. The molecule has 6 bridgehead atoms. The number of carbonyl (C=O) groups excluding carboxylic acids is 5. The van der Waals surface area contributed by atoms with Crippen LogP contribution in [-0.4, -0.2) is 115 Å². The number of likely N-dealkylation sites (tertiary alicyclic amines) is 1. The monoisotopic (exact) mass is 940 g/mol. The molecule has 4 aliphatic heterocycles. The zero-order chi connectivity index (χ0) is 48.8. The number of carbonyl (C=O) groups is 5. The third-order valence-electron chi connectivity index (χ3n) is 15.2. The summed E-state index contributed by atoms with van der Waals surface area (Å²) in [7, 11) is 3.56. The molecule has 2 aromatic heterocycles. The van der Waals surface area contributed by atoms with E-state index in [1.807, 2.05) is 45.9 Å². The van der Waals surface area contributed by atoms with Crippen molar-refractivity contribution in [2.75, 3.05) is 33.9 Å². The lowest BCUT2D eigenvalue weighted by Gasteiger charge is -2.51. The number of likely N-dealkylation sites (N-methyl/N-ethyl adjacent to an activating group) is 1. The first-order chi connectivity index (χ1) is 32.4. The molecule has 13 nitrogen and oxygen atoms in total. The number of esters is 1.